The monoisotopic (exact) mass is 245 g/mol. The molecule has 1 aliphatic rings. The van der Waals surface area contributed by atoms with Gasteiger partial charge in [0, 0.05) is 12.6 Å². The van der Waals surface area contributed by atoms with Gasteiger partial charge in [-0.05, 0) is 30.5 Å². The number of phenolic OH excluding ortho intramolecular Hbond substituents is 2. The Hall–Kier alpha value is -0.970. The van der Waals surface area contributed by atoms with Crippen LogP contribution in [0.5, 0.6) is 11.5 Å². The highest BCUT2D eigenvalue weighted by Gasteiger charge is 2.21. The van der Waals surface area contributed by atoms with Gasteiger partial charge in [-0.3, -0.25) is 0 Å². The van der Waals surface area contributed by atoms with Crippen molar-refractivity contribution < 1.29 is 15.3 Å². The van der Waals surface area contributed by atoms with Gasteiger partial charge in [0.25, 0.3) is 0 Å². The topological polar surface area (TPSA) is 72.7 Å². The highest BCUT2D eigenvalue weighted by atomic mass is 35.5. The number of aliphatic hydroxyl groups excluding tert-OH is 1. The van der Waals surface area contributed by atoms with Crippen LogP contribution in [0.25, 0.3) is 0 Å². The Bertz CT molecular complexity index is 355. The van der Waals surface area contributed by atoms with E-state index in [0.717, 1.165) is 0 Å². The second-order valence-corrected chi connectivity index (χ2v) is 3.95. The third-order valence-corrected chi connectivity index (χ3v) is 2.56. The van der Waals surface area contributed by atoms with E-state index in [1.165, 1.54) is 25.0 Å². The maximum absolute atomic E-state index is 9.76. The van der Waals surface area contributed by atoms with Gasteiger partial charge in [0.1, 0.15) is 0 Å². The van der Waals surface area contributed by atoms with E-state index < -0.39 is 6.10 Å². The predicted octanol–water partition coefficient (Wildman–Crippen LogP) is 1.30. The number of aliphatic hydroxyl groups is 1. The van der Waals surface area contributed by atoms with Gasteiger partial charge in [-0.2, -0.15) is 0 Å². The minimum atomic E-state index is -0.642. The van der Waals surface area contributed by atoms with E-state index >= 15 is 0 Å². The molecule has 1 saturated carbocycles. The third kappa shape index (κ3) is 3.27. The van der Waals surface area contributed by atoms with Gasteiger partial charge in [0.05, 0.1) is 6.10 Å². The Balaban J connectivity index is 0.00000128. The molecule has 0 amide bonds. The van der Waals surface area contributed by atoms with E-state index in [0.29, 0.717) is 18.2 Å². The lowest BCUT2D eigenvalue weighted by atomic mass is 10.1. The molecular formula is C11H16ClNO3. The van der Waals surface area contributed by atoms with Gasteiger partial charge in [-0.15, -0.1) is 12.4 Å². The average Bonchev–Trinajstić information content (AvgIpc) is 3.02. The third-order valence-electron chi connectivity index (χ3n) is 2.56. The zero-order valence-electron chi connectivity index (χ0n) is 8.76. The lowest BCUT2D eigenvalue weighted by Crippen LogP contribution is -2.23. The van der Waals surface area contributed by atoms with Crippen molar-refractivity contribution in [2.45, 2.75) is 25.0 Å². The summed E-state index contributed by atoms with van der Waals surface area (Å²) in [7, 11) is 0. The minimum absolute atomic E-state index is 0. The molecule has 0 heterocycles. The molecule has 5 heteroatoms. The number of aromatic hydroxyl groups is 2. The molecule has 0 radical (unpaired) electrons. The van der Waals surface area contributed by atoms with Crippen molar-refractivity contribution in [3.05, 3.63) is 23.8 Å². The molecule has 1 atom stereocenters. The quantitative estimate of drug-likeness (QED) is 0.604. The molecule has 1 aromatic carbocycles. The zero-order chi connectivity index (χ0) is 10.8. The lowest BCUT2D eigenvalue weighted by molar-refractivity contribution is 0.173. The van der Waals surface area contributed by atoms with Crippen LogP contribution in [0.4, 0.5) is 0 Å². The fraction of sp³-hybridized carbons (Fsp3) is 0.455. The van der Waals surface area contributed by atoms with E-state index in [-0.39, 0.29) is 23.9 Å². The number of benzene rings is 1. The van der Waals surface area contributed by atoms with Crippen LogP contribution in [-0.4, -0.2) is 27.9 Å². The second-order valence-electron chi connectivity index (χ2n) is 3.95. The summed E-state index contributed by atoms with van der Waals surface area (Å²) in [6.45, 7) is 0.481. The van der Waals surface area contributed by atoms with Crippen molar-refractivity contribution in [2.24, 2.45) is 0 Å². The molecule has 2 rings (SSSR count). The maximum Gasteiger partial charge on any atom is 0.157 e. The van der Waals surface area contributed by atoms with E-state index in [4.69, 9.17) is 5.11 Å². The number of nitrogens with one attached hydrogen (secondary N) is 1. The smallest absolute Gasteiger partial charge is 0.157 e. The highest BCUT2D eigenvalue weighted by Crippen LogP contribution is 2.28. The molecule has 0 saturated heterocycles. The Morgan fingerprint density at radius 1 is 1.25 bits per heavy atom. The summed E-state index contributed by atoms with van der Waals surface area (Å²) in [5.41, 5.74) is 0.610. The first-order valence-corrected chi connectivity index (χ1v) is 5.10. The first kappa shape index (κ1) is 13.1. The molecule has 4 N–H and O–H groups in total. The van der Waals surface area contributed by atoms with Crippen LogP contribution in [0.1, 0.15) is 24.5 Å². The summed E-state index contributed by atoms with van der Waals surface area (Å²) in [4.78, 5) is 0. The molecule has 90 valence electrons. The van der Waals surface area contributed by atoms with Crippen molar-refractivity contribution >= 4 is 12.4 Å². The van der Waals surface area contributed by atoms with Gasteiger partial charge in [0.2, 0.25) is 0 Å². The van der Waals surface area contributed by atoms with E-state index in [1.54, 1.807) is 6.07 Å². The fourth-order valence-corrected chi connectivity index (χ4v) is 1.43. The Labute approximate surface area is 100 Å². The van der Waals surface area contributed by atoms with Gasteiger partial charge in [0.15, 0.2) is 11.5 Å². The first-order chi connectivity index (χ1) is 7.16. The molecule has 0 bridgehead atoms. The molecule has 0 aliphatic heterocycles. The van der Waals surface area contributed by atoms with Crippen LogP contribution in [0.2, 0.25) is 0 Å². The van der Waals surface area contributed by atoms with Gasteiger partial charge in [-0.25, -0.2) is 0 Å². The standard InChI is InChI=1S/C11H15NO3.ClH/c13-9-4-1-7(5-10(9)14)11(15)6-12-8-2-3-8;/h1,4-5,8,11-15H,2-3,6H2;1H. The first-order valence-electron chi connectivity index (χ1n) is 5.10. The van der Waals surface area contributed by atoms with Crippen molar-refractivity contribution in [2.75, 3.05) is 6.54 Å². The molecule has 0 spiro atoms. The molecule has 1 aromatic rings. The van der Waals surface area contributed by atoms with Crippen molar-refractivity contribution in [3.8, 4) is 11.5 Å². The SMILES string of the molecule is Cl.Oc1ccc(C(O)CNC2CC2)cc1O. The van der Waals surface area contributed by atoms with E-state index in [2.05, 4.69) is 5.32 Å². The number of halogens is 1. The Kier molecular flexibility index (Phi) is 4.41. The summed E-state index contributed by atoms with van der Waals surface area (Å²) >= 11 is 0. The second kappa shape index (κ2) is 5.39. The van der Waals surface area contributed by atoms with Crippen LogP contribution in [-0.2, 0) is 0 Å². The number of hydrogen-bond acceptors (Lipinski definition) is 4. The van der Waals surface area contributed by atoms with Crippen LogP contribution >= 0.6 is 12.4 Å². The van der Waals surface area contributed by atoms with Crippen LogP contribution < -0.4 is 5.32 Å². The summed E-state index contributed by atoms with van der Waals surface area (Å²) in [6, 6.07) is 4.92. The number of phenols is 2. The largest absolute Gasteiger partial charge is 0.504 e. The highest BCUT2D eigenvalue weighted by molar-refractivity contribution is 5.85. The Morgan fingerprint density at radius 2 is 1.94 bits per heavy atom. The van der Waals surface area contributed by atoms with Gasteiger partial charge >= 0.3 is 0 Å². The summed E-state index contributed by atoms with van der Waals surface area (Å²) in [5.74, 6) is -0.362. The van der Waals surface area contributed by atoms with Crippen molar-refractivity contribution in [1.82, 2.24) is 5.32 Å². The normalized spacial score (nSPS) is 16.6. The lowest BCUT2D eigenvalue weighted by Gasteiger charge is -2.12. The number of hydrogen-bond donors (Lipinski definition) is 4. The molecule has 1 fully saturated rings. The average molecular weight is 246 g/mol. The summed E-state index contributed by atoms with van der Waals surface area (Å²) < 4.78 is 0. The van der Waals surface area contributed by atoms with E-state index in [1.807, 2.05) is 0 Å². The van der Waals surface area contributed by atoms with Gasteiger partial charge in [-0.1, -0.05) is 6.07 Å². The number of rotatable bonds is 4. The predicted molar refractivity (Wildman–Crippen MR) is 63.0 cm³/mol. The molecular weight excluding hydrogens is 230 g/mol. The van der Waals surface area contributed by atoms with Crippen LogP contribution in [0.15, 0.2) is 18.2 Å². The molecule has 16 heavy (non-hydrogen) atoms. The van der Waals surface area contributed by atoms with Crippen LogP contribution in [0.3, 0.4) is 0 Å². The van der Waals surface area contributed by atoms with Crippen molar-refractivity contribution in [1.29, 1.82) is 0 Å². The fourth-order valence-electron chi connectivity index (χ4n) is 1.43. The molecule has 0 aromatic heterocycles. The molecule has 1 unspecified atom stereocenters. The van der Waals surface area contributed by atoms with Crippen LogP contribution in [0, 0.1) is 0 Å². The summed E-state index contributed by atoms with van der Waals surface area (Å²) in [5, 5.41) is 31.3. The molecule has 4 nitrogen and oxygen atoms in total. The summed E-state index contributed by atoms with van der Waals surface area (Å²) in [6.07, 6.45) is 1.71. The van der Waals surface area contributed by atoms with Gasteiger partial charge < -0.3 is 20.6 Å². The minimum Gasteiger partial charge on any atom is -0.504 e. The maximum atomic E-state index is 9.76. The molecule has 1 aliphatic carbocycles. The Morgan fingerprint density at radius 3 is 2.50 bits per heavy atom. The zero-order valence-corrected chi connectivity index (χ0v) is 9.57. The van der Waals surface area contributed by atoms with E-state index in [9.17, 15) is 10.2 Å². The van der Waals surface area contributed by atoms with Crippen molar-refractivity contribution in [3.63, 3.8) is 0 Å².